The fraction of sp³-hybridized carbons (Fsp3) is 0.647. The van der Waals surface area contributed by atoms with Crippen LogP contribution in [0.4, 0.5) is 4.79 Å². The van der Waals surface area contributed by atoms with Gasteiger partial charge in [0.1, 0.15) is 6.33 Å². The third kappa shape index (κ3) is 3.30. The predicted octanol–water partition coefficient (Wildman–Crippen LogP) is 1.36. The Morgan fingerprint density at radius 3 is 2.60 bits per heavy atom. The summed E-state index contributed by atoms with van der Waals surface area (Å²) in [7, 11) is 0. The van der Waals surface area contributed by atoms with Crippen LogP contribution in [0, 0.1) is 0 Å². The molecule has 0 spiro atoms. The molecular weight excluding hydrogens is 318 g/mol. The van der Waals surface area contributed by atoms with Gasteiger partial charge in [-0.15, -0.1) is 0 Å². The second-order valence-corrected chi connectivity index (χ2v) is 7.15. The predicted molar refractivity (Wildman–Crippen MR) is 93.9 cm³/mol. The smallest absolute Gasteiger partial charge is 0.312 e. The first-order valence-electron chi connectivity index (χ1n) is 9.15. The van der Waals surface area contributed by atoms with E-state index in [-0.39, 0.29) is 0 Å². The van der Waals surface area contributed by atoms with Crippen molar-refractivity contribution in [1.82, 2.24) is 30.0 Å². The largest absolute Gasteiger partial charge is 0.352 e. The maximum Gasteiger partial charge on any atom is 0.312 e. The van der Waals surface area contributed by atoms with Crippen molar-refractivity contribution in [1.29, 1.82) is 0 Å². The number of likely N-dealkylation sites (tertiary alicyclic amines) is 1. The van der Waals surface area contributed by atoms with Crippen molar-refractivity contribution >= 4 is 17.1 Å². The van der Waals surface area contributed by atoms with E-state index in [1.54, 1.807) is 6.33 Å². The second kappa shape index (κ2) is 6.59. The minimum atomic E-state index is -0.516. The van der Waals surface area contributed by atoms with Crippen LogP contribution >= 0.6 is 0 Å². The van der Waals surface area contributed by atoms with Crippen molar-refractivity contribution in [2.75, 3.05) is 19.6 Å². The van der Waals surface area contributed by atoms with Crippen LogP contribution in [0.3, 0.4) is 0 Å². The highest BCUT2D eigenvalue weighted by atomic mass is 16.2. The molecule has 0 unspecified atom stereocenters. The summed E-state index contributed by atoms with van der Waals surface area (Å²) in [6, 6.07) is -0.516. The fourth-order valence-electron chi connectivity index (χ4n) is 3.82. The van der Waals surface area contributed by atoms with E-state index in [1.807, 2.05) is 10.9 Å². The highest BCUT2D eigenvalue weighted by Gasteiger charge is 2.48. The molecule has 134 valence electrons. The zero-order chi connectivity index (χ0) is 17.3. The van der Waals surface area contributed by atoms with E-state index in [0.29, 0.717) is 0 Å². The van der Waals surface area contributed by atoms with Crippen LogP contribution in [0.1, 0.15) is 44.2 Å². The molecule has 4 rings (SSSR count). The van der Waals surface area contributed by atoms with E-state index in [4.69, 9.17) is 5.73 Å². The highest BCUT2D eigenvalue weighted by Crippen LogP contribution is 2.46. The number of nitrogens with two attached hydrogens (primary N) is 1. The first-order valence-corrected chi connectivity index (χ1v) is 9.15. The van der Waals surface area contributed by atoms with Gasteiger partial charge in [-0.05, 0) is 38.8 Å². The van der Waals surface area contributed by atoms with Gasteiger partial charge in [0, 0.05) is 6.54 Å². The first kappa shape index (κ1) is 16.3. The number of carbonyl (C=O) groups is 1. The van der Waals surface area contributed by atoms with E-state index in [9.17, 15) is 4.79 Å². The van der Waals surface area contributed by atoms with E-state index in [0.717, 1.165) is 42.7 Å². The first-order chi connectivity index (χ1) is 12.2. The maximum absolute atomic E-state index is 11.3. The molecule has 1 saturated carbocycles. The van der Waals surface area contributed by atoms with Crippen LogP contribution in [-0.2, 0) is 12.1 Å². The molecule has 1 aliphatic heterocycles. The number of hydrogen-bond donors (Lipinski definition) is 2. The monoisotopic (exact) mass is 343 g/mol. The zero-order valence-corrected chi connectivity index (χ0v) is 14.4. The lowest BCUT2D eigenvalue weighted by molar-refractivity contribution is 0.244. The van der Waals surface area contributed by atoms with Crippen molar-refractivity contribution in [3.63, 3.8) is 0 Å². The number of rotatable bonds is 5. The lowest BCUT2D eigenvalue weighted by Gasteiger charge is -2.19. The summed E-state index contributed by atoms with van der Waals surface area (Å²) >= 11 is 0. The molecule has 0 atom stereocenters. The number of aromatic nitrogens is 4. The molecule has 2 aromatic rings. The Bertz CT molecular complexity index is 759. The average Bonchev–Trinajstić information content (AvgIpc) is 3.31. The Balaban J connectivity index is 1.54. The van der Waals surface area contributed by atoms with Crippen molar-refractivity contribution in [3.8, 4) is 0 Å². The number of nitrogens with one attached hydrogen (secondary N) is 1. The van der Waals surface area contributed by atoms with Crippen LogP contribution in [0.25, 0.3) is 11.0 Å². The molecule has 0 radical (unpaired) electrons. The molecule has 1 aliphatic carbocycles. The summed E-state index contributed by atoms with van der Waals surface area (Å²) in [4.78, 5) is 22.7. The average molecular weight is 343 g/mol. The van der Waals surface area contributed by atoms with Gasteiger partial charge in [0.25, 0.3) is 0 Å². The van der Waals surface area contributed by atoms with Gasteiger partial charge in [-0.25, -0.2) is 19.4 Å². The maximum atomic E-state index is 11.3. The number of urea groups is 1. The number of hydrogen-bond acceptors (Lipinski definition) is 5. The number of fused-ring (bicyclic) bond motifs is 1. The molecule has 8 heteroatoms. The van der Waals surface area contributed by atoms with Gasteiger partial charge in [-0.2, -0.15) is 5.10 Å². The molecule has 0 bridgehead atoms. The Hall–Kier alpha value is -2.22. The van der Waals surface area contributed by atoms with E-state index in [2.05, 4.69) is 25.3 Å². The molecule has 3 N–H and O–H groups in total. The molecule has 0 aromatic carbocycles. The van der Waals surface area contributed by atoms with E-state index >= 15 is 0 Å². The van der Waals surface area contributed by atoms with Crippen molar-refractivity contribution in [2.45, 2.75) is 50.6 Å². The Labute approximate surface area is 146 Å². The van der Waals surface area contributed by atoms with Crippen LogP contribution in [0.15, 0.2) is 12.5 Å². The summed E-state index contributed by atoms with van der Waals surface area (Å²) in [5.74, 6) is 0. The molecule has 3 heterocycles. The number of carbonyl (C=O) groups excluding carboxylic acids is 1. The Morgan fingerprint density at radius 1 is 1.16 bits per heavy atom. The lowest BCUT2D eigenvalue weighted by atomic mass is 10.1. The normalized spacial score (nSPS) is 20.3. The number of nitrogens with zero attached hydrogens (tertiary/aromatic N) is 5. The fourth-order valence-corrected chi connectivity index (χ4v) is 3.82. The summed E-state index contributed by atoms with van der Waals surface area (Å²) in [6.45, 7) is 4.15. The molecule has 2 aromatic heterocycles. The Morgan fingerprint density at radius 2 is 1.92 bits per heavy atom. The van der Waals surface area contributed by atoms with Crippen LogP contribution < -0.4 is 11.1 Å². The van der Waals surface area contributed by atoms with Crippen LogP contribution in [0.5, 0.6) is 0 Å². The SMILES string of the molecule is NC(=O)NC1(c2ncnc3c2cnn3CCN2CCCCCC2)CC1. The number of amides is 2. The third-order valence-corrected chi connectivity index (χ3v) is 5.33. The minimum absolute atomic E-state index is 0.439. The molecule has 2 aliphatic rings. The quantitative estimate of drug-likeness (QED) is 0.853. The summed E-state index contributed by atoms with van der Waals surface area (Å²) in [5, 5.41) is 8.28. The van der Waals surface area contributed by atoms with E-state index in [1.165, 1.54) is 38.8 Å². The molecule has 25 heavy (non-hydrogen) atoms. The molecular formula is C17H25N7O. The number of primary amides is 1. The zero-order valence-electron chi connectivity index (χ0n) is 14.4. The molecule has 1 saturated heterocycles. The van der Waals surface area contributed by atoms with Gasteiger partial charge in [-0.1, -0.05) is 12.8 Å². The Kier molecular flexibility index (Phi) is 4.29. The summed E-state index contributed by atoms with van der Waals surface area (Å²) < 4.78 is 1.95. The van der Waals surface area contributed by atoms with Crippen molar-refractivity contribution in [2.24, 2.45) is 5.73 Å². The van der Waals surface area contributed by atoms with Gasteiger partial charge < -0.3 is 16.0 Å². The van der Waals surface area contributed by atoms with Gasteiger partial charge in [0.2, 0.25) is 0 Å². The van der Waals surface area contributed by atoms with Gasteiger partial charge in [0.15, 0.2) is 5.65 Å². The molecule has 2 amide bonds. The second-order valence-electron chi connectivity index (χ2n) is 7.15. The third-order valence-electron chi connectivity index (χ3n) is 5.33. The van der Waals surface area contributed by atoms with Crippen molar-refractivity contribution < 1.29 is 4.79 Å². The lowest BCUT2D eigenvalue weighted by Crippen LogP contribution is -2.39. The topological polar surface area (TPSA) is 102 Å². The minimum Gasteiger partial charge on any atom is -0.352 e. The molecule has 8 nitrogen and oxygen atoms in total. The standard InChI is InChI=1S/C17H25N7O/c18-16(25)22-17(5-6-17)14-13-11-21-24(15(13)20-12-19-14)10-9-23-7-3-1-2-4-8-23/h11-12H,1-10H2,(H3,18,22,25). The van der Waals surface area contributed by atoms with Crippen LogP contribution in [0.2, 0.25) is 0 Å². The highest BCUT2D eigenvalue weighted by molar-refractivity contribution is 5.81. The van der Waals surface area contributed by atoms with Gasteiger partial charge in [0.05, 0.1) is 29.4 Å². The van der Waals surface area contributed by atoms with Crippen LogP contribution in [-0.4, -0.2) is 50.3 Å². The van der Waals surface area contributed by atoms with E-state index < -0.39 is 11.6 Å². The molecule has 2 fully saturated rings. The van der Waals surface area contributed by atoms with Crippen molar-refractivity contribution in [3.05, 3.63) is 18.2 Å². The summed E-state index contributed by atoms with van der Waals surface area (Å²) in [6.07, 6.45) is 10.3. The van der Waals surface area contributed by atoms with Gasteiger partial charge >= 0.3 is 6.03 Å². The summed E-state index contributed by atoms with van der Waals surface area (Å²) in [5.41, 5.74) is 6.55. The van der Waals surface area contributed by atoms with Gasteiger partial charge in [-0.3, -0.25) is 0 Å².